The summed E-state index contributed by atoms with van der Waals surface area (Å²) >= 11 is 0. The van der Waals surface area contributed by atoms with Gasteiger partial charge in [-0.15, -0.1) is 249 Å². The largest absolute Gasteiger partial charge is 0.512 e. The summed E-state index contributed by atoms with van der Waals surface area (Å²) in [6.45, 7) is 23.3. The topological polar surface area (TPSA) is 115 Å². The van der Waals surface area contributed by atoms with Crippen LogP contribution < -0.4 is 0 Å². The standard InChI is InChI=1S/C28H26.C21H20N.2C18H14N.3C12H10N.C11H20O2.4Ir/c1-19(2)12-27-17-26(25-14-20(3)13-21(4)15-25)16-24-11-10-23(18-28(24)27)22-8-6-5-7-9-22;1-16(2)14-17-8-10-18(11-9-17)20-12-13-22-21(15-20)19-6-4-3-5-7-19;1-14-12-18(16-10-6-3-7-11-16)19-13-17(14)15-8-4-2-5-9-15;1-14-10-11-18(19-13-14)17-9-5-8-16(12-17)15-6-3-2-4-7-15;1-10-7-8-13-12(9-10)11-5-3-2-4-6-11;2*1-10-7-8-12(13-9-10)11-5-3-2-4-6-11;1-8(2)5-10(12)7-11(13)6-9(3)4;;;;/h5-11,13-14,17-19H,12H2,1-4H3;3-6,8-13,15-16H,14H2,1-2H3;2-10,12-13H,1H3;2-8,10-13H,1H3;3*2-5,7-9H,1H3;7-9,12H,5-6H2,1-4H3;;;;/q-2;6*-1;;;;;/i;;;1D3;;1D3;;;;;;. The zero-order valence-electron chi connectivity index (χ0n) is 89.6. The van der Waals surface area contributed by atoms with Crippen molar-refractivity contribution in [2.45, 2.75) is 129 Å². The first kappa shape index (κ1) is 107. The van der Waals surface area contributed by atoms with Gasteiger partial charge in [0.15, 0.2) is 5.78 Å². The number of nitrogens with zero attached hydrogens (tertiary/aromatic N) is 6. The molecule has 0 saturated heterocycles. The summed E-state index contributed by atoms with van der Waals surface area (Å²) in [6, 6.07) is 145. The van der Waals surface area contributed by atoms with Crippen molar-refractivity contribution in [1.82, 2.24) is 29.9 Å². The molecule has 6 heterocycles. The molecule has 0 spiro atoms. The fourth-order valence-corrected chi connectivity index (χ4v) is 15.4. The average molecular weight is 2600 g/mol. The minimum Gasteiger partial charge on any atom is -0.512 e. The molecule has 8 nitrogen and oxygen atoms in total. The fraction of sp³-hybridized carbons (Fsp3) is 0.174. The summed E-state index contributed by atoms with van der Waals surface area (Å²) in [5.41, 5.74) is 32.4. The molecule has 0 aliphatic rings. The SMILES string of the molecule is CC(C)CC(=O)C=C(O)CC(C)C.CC(C)Cc1ccc(-c2ccnc(-c3[c-]cccc3)c2)cc1.Cc1[c-]c(-c2[c-]c3ccc(-c4ccccc4)cc3c(CC(C)C)c2)cc(C)c1.Cc1cc(-c2[c-]cccc2)ncc1-c1ccccc1.Cc1ccc(-c2[c-]cccc2)nc1.Cc1ccnc(-c2[c-]cccc2)c1.[2H]C([2H])([2H])c1ccc(-c2[c-]ccc(-c3ccccc3)c2)nc1.[2H]C([2H])([2H])c1ccc(-c2[c-]cccc2)nc1.[Ir].[Ir].[Ir].[Ir]. The van der Waals surface area contributed by atoms with Crippen LogP contribution in [-0.4, -0.2) is 40.8 Å². The van der Waals surface area contributed by atoms with Crippen molar-refractivity contribution in [3.05, 3.63) is 506 Å². The number of aromatic nitrogens is 6. The van der Waals surface area contributed by atoms with Crippen molar-refractivity contribution < 1.29 is 98.5 Å². The number of pyridine rings is 6. The van der Waals surface area contributed by atoms with Gasteiger partial charge >= 0.3 is 0 Å². The Hall–Kier alpha value is -13.2. The van der Waals surface area contributed by atoms with Gasteiger partial charge in [0.1, 0.15) is 0 Å². The molecule has 0 saturated carbocycles. The number of ketones is 1. The minimum atomic E-state index is -2.12. The number of aliphatic hydroxyl groups excluding tert-OH is 1. The zero-order chi connectivity index (χ0) is 104. The molecule has 0 aliphatic heterocycles. The van der Waals surface area contributed by atoms with Crippen LogP contribution in [0.4, 0.5) is 0 Å². The van der Waals surface area contributed by atoms with Gasteiger partial charge in [-0.1, -0.05) is 262 Å². The third-order valence-electron chi connectivity index (χ3n) is 22.0. The van der Waals surface area contributed by atoms with Crippen LogP contribution in [0.15, 0.2) is 407 Å². The number of aryl methyl sites for hydroxylation is 7. The van der Waals surface area contributed by atoms with Gasteiger partial charge in [-0.05, 0) is 178 Å². The second-order valence-electron chi connectivity index (χ2n) is 36.0. The van der Waals surface area contributed by atoms with E-state index in [0.29, 0.717) is 42.2 Å². The monoisotopic (exact) mass is 2600 g/mol. The molecule has 4 radical (unpaired) electrons. The van der Waals surface area contributed by atoms with Crippen LogP contribution in [0.2, 0.25) is 0 Å². The molecule has 144 heavy (non-hydrogen) atoms. The Morgan fingerprint density at radius 3 is 1.18 bits per heavy atom. The molecule has 0 aliphatic carbocycles. The zero-order valence-corrected chi connectivity index (χ0v) is 93.2. The first-order valence-corrected chi connectivity index (χ1v) is 47.6. The van der Waals surface area contributed by atoms with E-state index in [0.717, 1.165) is 96.9 Å². The van der Waals surface area contributed by atoms with E-state index >= 15 is 0 Å². The number of aliphatic hydroxyl groups is 1. The van der Waals surface area contributed by atoms with Gasteiger partial charge in [-0.25, -0.2) is 5.56 Å². The van der Waals surface area contributed by atoms with Crippen molar-refractivity contribution in [2.75, 3.05) is 0 Å². The van der Waals surface area contributed by atoms with Crippen LogP contribution in [0.1, 0.15) is 127 Å². The Morgan fingerprint density at radius 2 is 0.729 bits per heavy atom. The summed E-state index contributed by atoms with van der Waals surface area (Å²) in [5, 5.41) is 11.8. The number of carbonyl (C=O) groups is 1. The molecule has 13 aromatic carbocycles. The van der Waals surface area contributed by atoms with Crippen LogP contribution in [0.5, 0.6) is 0 Å². The predicted octanol–water partition coefficient (Wildman–Crippen LogP) is 33.7. The summed E-state index contributed by atoms with van der Waals surface area (Å²) in [4.78, 5) is 37.2. The molecular formula is C132H124Ir4N6O2-8. The fourth-order valence-electron chi connectivity index (χ4n) is 15.4. The smallest absolute Gasteiger partial charge is 0.159 e. The third-order valence-corrected chi connectivity index (χ3v) is 22.0. The first-order chi connectivity index (χ1) is 70.3. The number of hydrogen-bond acceptors (Lipinski definition) is 8. The third kappa shape index (κ3) is 38.2. The molecule has 6 aromatic heterocycles. The summed E-state index contributed by atoms with van der Waals surface area (Å²) in [5.74, 6) is 2.27. The van der Waals surface area contributed by atoms with E-state index in [9.17, 15) is 9.90 Å². The van der Waals surface area contributed by atoms with Crippen LogP contribution in [0.25, 0.3) is 134 Å². The van der Waals surface area contributed by atoms with Crippen LogP contribution in [-0.2, 0) is 98.1 Å². The summed E-state index contributed by atoms with van der Waals surface area (Å²) in [6.07, 6.45) is 15.0. The molecule has 0 bridgehead atoms. The Labute approximate surface area is 919 Å². The van der Waals surface area contributed by atoms with E-state index in [1.54, 1.807) is 30.3 Å². The maximum atomic E-state index is 11.2. The number of carbonyl (C=O) groups excluding carboxylic acids is 1. The normalized spacial score (nSPS) is 11.2. The van der Waals surface area contributed by atoms with Crippen molar-refractivity contribution in [1.29, 1.82) is 0 Å². The maximum Gasteiger partial charge on any atom is 0.159 e. The number of benzene rings is 13. The van der Waals surface area contributed by atoms with Gasteiger partial charge in [0.2, 0.25) is 0 Å². The Bertz CT molecular complexity index is 7270. The second kappa shape index (κ2) is 61.1. The molecule has 19 aromatic rings. The number of allylic oxidation sites excluding steroid dienone is 2. The predicted molar refractivity (Wildman–Crippen MR) is 585 cm³/mol. The Morgan fingerprint density at radius 1 is 0.312 bits per heavy atom. The van der Waals surface area contributed by atoms with Crippen LogP contribution in [0, 0.1) is 121 Å². The van der Waals surface area contributed by atoms with E-state index in [2.05, 4.69) is 267 Å². The molecular weight excluding hydrogens is 2470 g/mol. The minimum absolute atomic E-state index is 0. The Balaban J connectivity index is 0.000000211. The summed E-state index contributed by atoms with van der Waals surface area (Å²) in [7, 11) is 0. The molecule has 0 amide bonds. The molecule has 0 unspecified atom stereocenters. The number of hydrogen-bond donors (Lipinski definition) is 1. The molecule has 738 valence electrons. The van der Waals surface area contributed by atoms with Gasteiger partial charge in [0.05, 0.1) is 5.76 Å². The van der Waals surface area contributed by atoms with Gasteiger partial charge in [0.25, 0.3) is 0 Å². The van der Waals surface area contributed by atoms with Gasteiger partial charge < -0.3 is 35.0 Å². The van der Waals surface area contributed by atoms with E-state index in [4.69, 9.17) is 8.22 Å². The van der Waals surface area contributed by atoms with Crippen molar-refractivity contribution in [2.24, 2.45) is 23.7 Å². The molecule has 0 fully saturated rings. The quantitative estimate of drug-likeness (QED) is 0.0456. The van der Waals surface area contributed by atoms with Gasteiger partial charge in [-0.3, -0.25) is 4.79 Å². The van der Waals surface area contributed by atoms with E-state index < -0.39 is 13.7 Å². The Kier molecular flexibility index (Phi) is 45.2. The first-order valence-electron chi connectivity index (χ1n) is 50.6. The van der Waals surface area contributed by atoms with E-state index in [1.165, 1.54) is 102 Å². The molecule has 12 heteroatoms. The average Bonchev–Trinajstić information content (AvgIpc) is 0.775. The van der Waals surface area contributed by atoms with Gasteiger partial charge in [0, 0.05) is 150 Å². The van der Waals surface area contributed by atoms with Crippen molar-refractivity contribution >= 4 is 16.6 Å². The molecule has 19 rings (SSSR count). The van der Waals surface area contributed by atoms with E-state index in [-0.39, 0.29) is 103 Å². The van der Waals surface area contributed by atoms with Crippen molar-refractivity contribution in [3.8, 4) is 123 Å². The number of rotatable bonds is 20. The second-order valence-corrected chi connectivity index (χ2v) is 36.0. The maximum absolute atomic E-state index is 11.2. The molecule has 1 N–H and O–H groups in total. The van der Waals surface area contributed by atoms with E-state index in [1.807, 2.05) is 254 Å². The van der Waals surface area contributed by atoms with Crippen LogP contribution in [0.3, 0.4) is 0 Å². The van der Waals surface area contributed by atoms with Crippen LogP contribution >= 0.6 is 0 Å². The van der Waals surface area contributed by atoms with Crippen molar-refractivity contribution in [3.63, 3.8) is 0 Å². The van der Waals surface area contributed by atoms with Gasteiger partial charge in [-0.2, -0.15) is 29.8 Å². The number of fused-ring (bicyclic) bond motifs is 1. The summed E-state index contributed by atoms with van der Waals surface area (Å²) < 4.78 is 43.8. The molecule has 0 atom stereocenters.